The molecule has 0 spiro atoms. The molecule has 0 radical (unpaired) electrons. The molecule has 4 heteroatoms. The highest BCUT2D eigenvalue weighted by Crippen LogP contribution is 2.31. The molecule has 1 aromatic carbocycles. The van der Waals surface area contributed by atoms with Crippen molar-refractivity contribution in [1.29, 1.82) is 0 Å². The van der Waals surface area contributed by atoms with Crippen LogP contribution in [0.15, 0.2) is 34.5 Å². The number of halogens is 2. The molecule has 0 aromatic heterocycles. The molecule has 1 atom stereocenters. The molecule has 15 heavy (non-hydrogen) atoms. The maximum atomic E-state index is 13.0. The van der Waals surface area contributed by atoms with Gasteiger partial charge in [-0.25, -0.2) is 4.39 Å². The number of aliphatic hydroxyl groups is 1. The van der Waals surface area contributed by atoms with Crippen LogP contribution in [0.1, 0.15) is 18.1 Å². The largest absolute Gasteiger partial charge is 0.495 e. The maximum Gasteiger partial charge on any atom is 0.137 e. The summed E-state index contributed by atoms with van der Waals surface area (Å²) in [6.07, 6.45) is 1.72. The Labute approximate surface area is 95.5 Å². The summed E-state index contributed by atoms with van der Waals surface area (Å²) in [5.41, 5.74) is 0.489. The predicted molar refractivity (Wildman–Crippen MR) is 57.7 cm³/mol. The number of benzene rings is 1. The van der Waals surface area contributed by atoms with E-state index in [1.54, 1.807) is 6.07 Å². The number of rotatable bonds is 2. The molecule has 2 nitrogen and oxygen atoms in total. The lowest BCUT2D eigenvalue weighted by Gasteiger charge is -2.14. The summed E-state index contributed by atoms with van der Waals surface area (Å²) < 4.78 is 18.9. The fraction of sp³-hybridized carbons (Fsp3) is 0.273. The summed E-state index contributed by atoms with van der Waals surface area (Å²) in [5, 5.41) is 9.94. The summed E-state index contributed by atoms with van der Waals surface area (Å²) in [7, 11) is 0. The van der Waals surface area contributed by atoms with Crippen LogP contribution in [-0.2, 0) is 4.74 Å². The Morgan fingerprint density at radius 1 is 1.47 bits per heavy atom. The first kappa shape index (κ1) is 10.6. The normalized spacial score (nSPS) is 17.1. The molecular formula is C11H10BrFO2. The highest BCUT2D eigenvalue weighted by atomic mass is 79.9. The molecular weight excluding hydrogens is 263 g/mol. The Bertz CT molecular complexity index is 404. The molecule has 2 rings (SSSR count). The van der Waals surface area contributed by atoms with Crippen molar-refractivity contribution in [3.63, 3.8) is 0 Å². The van der Waals surface area contributed by atoms with Crippen molar-refractivity contribution < 1.29 is 14.2 Å². The van der Waals surface area contributed by atoms with Gasteiger partial charge in [0, 0.05) is 16.5 Å². The van der Waals surface area contributed by atoms with Gasteiger partial charge in [0.1, 0.15) is 17.7 Å². The molecule has 1 aliphatic rings. The van der Waals surface area contributed by atoms with E-state index in [1.807, 2.05) is 6.08 Å². The van der Waals surface area contributed by atoms with Crippen LogP contribution in [0, 0.1) is 5.82 Å². The number of hydrogen-bond acceptors (Lipinski definition) is 2. The molecule has 0 aliphatic carbocycles. The first-order valence-electron chi connectivity index (χ1n) is 4.64. The van der Waals surface area contributed by atoms with Gasteiger partial charge in [-0.15, -0.1) is 0 Å². The average Bonchev–Trinajstić information content (AvgIpc) is 2.74. The molecule has 1 unspecified atom stereocenters. The SMILES string of the molecule is OC(C1=CCCO1)c1cc(F)ccc1Br. The van der Waals surface area contributed by atoms with Crippen LogP contribution in [0.25, 0.3) is 0 Å². The number of ether oxygens (including phenoxy) is 1. The second-order valence-corrected chi connectivity index (χ2v) is 4.17. The van der Waals surface area contributed by atoms with Crippen LogP contribution in [-0.4, -0.2) is 11.7 Å². The van der Waals surface area contributed by atoms with Crippen LogP contribution >= 0.6 is 15.9 Å². The van der Waals surface area contributed by atoms with Crippen LogP contribution in [0.3, 0.4) is 0 Å². The van der Waals surface area contributed by atoms with E-state index in [0.29, 0.717) is 22.4 Å². The van der Waals surface area contributed by atoms with Gasteiger partial charge >= 0.3 is 0 Å². The predicted octanol–water partition coefficient (Wildman–Crippen LogP) is 2.93. The first-order valence-corrected chi connectivity index (χ1v) is 5.43. The van der Waals surface area contributed by atoms with Gasteiger partial charge in [0.15, 0.2) is 0 Å². The van der Waals surface area contributed by atoms with Crippen LogP contribution in [0.2, 0.25) is 0 Å². The molecule has 1 aliphatic heterocycles. The van der Waals surface area contributed by atoms with E-state index in [0.717, 1.165) is 6.42 Å². The first-order chi connectivity index (χ1) is 7.18. The van der Waals surface area contributed by atoms with Gasteiger partial charge in [0.05, 0.1) is 6.61 Å². The molecule has 0 amide bonds. The van der Waals surface area contributed by atoms with Crippen LogP contribution in [0.5, 0.6) is 0 Å². The average molecular weight is 273 g/mol. The van der Waals surface area contributed by atoms with Crippen molar-refractivity contribution in [2.75, 3.05) is 6.61 Å². The third-order valence-electron chi connectivity index (χ3n) is 2.25. The van der Waals surface area contributed by atoms with E-state index in [9.17, 15) is 9.50 Å². The van der Waals surface area contributed by atoms with Gasteiger partial charge in [-0.05, 0) is 24.3 Å². The Morgan fingerprint density at radius 3 is 2.93 bits per heavy atom. The van der Waals surface area contributed by atoms with Gasteiger partial charge in [-0.1, -0.05) is 15.9 Å². The molecule has 80 valence electrons. The zero-order valence-electron chi connectivity index (χ0n) is 7.91. The third-order valence-corrected chi connectivity index (χ3v) is 2.98. The molecule has 0 saturated carbocycles. The summed E-state index contributed by atoms with van der Waals surface area (Å²) in [6.45, 7) is 0.583. The number of aliphatic hydroxyl groups excluding tert-OH is 1. The smallest absolute Gasteiger partial charge is 0.137 e. The lowest BCUT2D eigenvalue weighted by atomic mass is 10.1. The van der Waals surface area contributed by atoms with Gasteiger partial charge < -0.3 is 9.84 Å². The zero-order chi connectivity index (χ0) is 10.8. The van der Waals surface area contributed by atoms with Crippen molar-refractivity contribution in [2.45, 2.75) is 12.5 Å². The monoisotopic (exact) mass is 272 g/mol. The molecule has 1 heterocycles. The number of hydrogen-bond donors (Lipinski definition) is 1. The van der Waals surface area contributed by atoms with Crippen LogP contribution < -0.4 is 0 Å². The summed E-state index contributed by atoms with van der Waals surface area (Å²) in [6, 6.07) is 4.21. The van der Waals surface area contributed by atoms with Crippen molar-refractivity contribution in [2.24, 2.45) is 0 Å². The standard InChI is InChI=1S/C11H10BrFO2/c12-9-4-3-7(13)6-8(9)11(14)10-2-1-5-15-10/h2-4,6,11,14H,1,5H2. The third kappa shape index (κ3) is 2.21. The molecule has 1 aromatic rings. The van der Waals surface area contributed by atoms with Gasteiger partial charge in [-0.2, -0.15) is 0 Å². The highest BCUT2D eigenvalue weighted by molar-refractivity contribution is 9.10. The van der Waals surface area contributed by atoms with Crippen molar-refractivity contribution >= 4 is 15.9 Å². The van der Waals surface area contributed by atoms with E-state index in [4.69, 9.17) is 4.74 Å². The summed E-state index contributed by atoms with van der Waals surface area (Å²) >= 11 is 3.27. The summed E-state index contributed by atoms with van der Waals surface area (Å²) in [5.74, 6) is 0.132. The van der Waals surface area contributed by atoms with Crippen LogP contribution in [0.4, 0.5) is 4.39 Å². The van der Waals surface area contributed by atoms with E-state index >= 15 is 0 Å². The Hall–Kier alpha value is -0.870. The van der Waals surface area contributed by atoms with E-state index in [1.165, 1.54) is 12.1 Å². The molecule has 0 saturated heterocycles. The van der Waals surface area contributed by atoms with Gasteiger partial charge in [-0.3, -0.25) is 0 Å². The fourth-order valence-electron chi connectivity index (χ4n) is 1.50. The van der Waals surface area contributed by atoms with E-state index in [-0.39, 0.29) is 5.82 Å². The van der Waals surface area contributed by atoms with E-state index in [2.05, 4.69) is 15.9 Å². The molecule has 0 bridgehead atoms. The maximum absolute atomic E-state index is 13.0. The summed E-state index contributed by atoms with van der Waals surface area (Å²) in [4.78, 5) is 0. The molecule has 1 N–H and O–H groups in total. The fourth-order valence-corrected chi connectivity index (χ4v) is 1.97. The second-order valence-electron chi connectivity index (χ2n) is 3.31. The topological polar surface area (TPSA) is 29.5 Å². The van der Waals surface area contributed by atoms with Crippen molar-refractivity contribution in [1.82, 2.24) is 0 Å². The highest BCUT2D eigenvalue weighted by Gasteiger charge is 2.20. The Balaban J connectivity index is 2.31. The quantitative estimate of drug-likeness (QED) is 0.897. The van der Waals surface area contributed by atoms with E-state index < -0.39 is 6.10 Å². The molecule has 0 fully saturated rings. The lowest BCUT2D eigenvalue weighted by Crippen LogP contribution is -2.03. The zero-order valence-corrected chi connectivity index (χ0v) is 9.50. The second kappa shape index (κ2) is 4.33. The van der Waals surface area contributed by atoms with Crippen molar-refractivity contribution in [3.8, 4) is 0 Å². The van der Waals surface area contributed by atoms with Crippen molar-refractivity contribution in [3.05, 3.63) is 45.9 Å². The minimum absolute atomic E-state index is 0.370. The minimum atomic E-state index is -0.891. The van der Waals surface area contributed by atoms with Gasteiger partial charge in [0.2, 0.25) is 0 Å². The lowest BCUT2D eigenvalue weighted by molar-refractivity contribution is 0.118. The minimum Gasteiger partial charge on any atom is -0.495 e. The Morgan fingerprint density at radius 2 is 2.27 bits per heavy atom. The van der Waals surface area contributed by atoms with Gasteiger partial charge in [0.25, 0.3) is 0 Å². The Kier molecular flexibility index (Phi) is 3.07.